The minimum absolute atomic E-state index is 0.763. The summed E-state index contributed by atoms with van der Waals surface area (Å²) in [6.07, 6.45) is 0. The van der Waals surface area contributed by atoms with Crippen molar-refractivity contribution in [1.82, 2.24) is 0 Å². The molecule has 0 N–H and O–H groups in total. The van der Waals surface area contributed by atoms with Crippen LogP contribution in [0, 0.1) is 0 Å². The molecule has 140 valence electrons. The molecule has 0 amide bonds. The van der Waals surface area contributed by atoms with Gasteiger partial charge in [-0.2, -0.15) is 0 Å². The van der Waals surface area contributed by atoms with Crippen LogP contribution in [-0.2, 0) is 0 Å². The molecule has 30 heavy (non-hydrogen) atoms. The maximum Gasteiger partial charge on any atom is 0.113 e. The predicted octanol–water partition coefficient (Wildman–Crippen LogP) is 6.77. The molecule has 2 radical (unpaired) electrons. The van der Waals surface area contributed by atoms with E-state index >= 15 is 0 Å². The summed E-state index contributed by atoms with van der Waals surface area (Å²) in [6.45, 7) is 0. The molecule has 0 aliphatic heterocycles. The lowest BCUT2D eigenvalue weighted by Gasteiger charge is -2.26. The third-order valence-electron chi connectivity index (χ3n) is 5.35. The number of rotatable bonds is 4. The Morgan fingerprint density at radius 1 is 0.433 bits per heavy atom. The molecule has 0 atom stereocenters. The monoisotopic (exact) mass is 381 g/mol. The standard InChI is InChI=1S/C28H20BN/c29-25-14-17-27(18-15-25)30(26-9-5-2-6-10-26)28-16-13-23-19-22(11-12-24(23)20-28)21-7-3-1-4-8-21/h1-20H. The molecular weight excluding hydrogens is 361 g/mol. The van der Waals surface area contributed by atoms with Gasteiger partial charge in [-0.25, -0.2) is 0 Å². The lowest BCUT2D eigenvalue weighted by Crippen LogP contribution is -2.11. The molecule has 5 aromatic carbocycles. The van der Waals surface area contributed by atoms with Gasteiger partial charge in [0, 0.05) is 17.1 Å². The summed E-state index contributed by atoms with van der Waals surface area (Å²) in [5.41, 5.74) is 6.54. The highest BCUT2D eigenvalue weighted by atomic mass is 15.1. The maximum absolute atomic E-state index is 5.92. The number of para-hydroxylation sites is 1. The van der Waals surface area contributed by atoms with Crippen LogP contribution in [0.25, 0.3) is 21.9 Å². The highest BCUT2D eigenvalue weighted by Crippen LogP contribution is 2.36. The van der Waals surface area contributed by atoms with Crippen LogP contribution in [0.3, 0.4) is 0 Å². The Kier molecular flexibility index (Phi) is 4.82. The topological polar surface area (TPSA) is 3.24 Å². The maximum atomic E-state index is 5.92. The first-order chi connectivity index (χ1) is 14.8. The van der Waals surface area contributed by atoms with Gasteiger partial charge in [-0.3, -0.25) is 0 Å². The number of nitrogens with zero attached hydrogens (tertiary/aromatic N) is 1. The summed E-state index contributed by atoms with van der Waals surface area (Å²) in [6, 6.07) is 42.2. The van der Waals surface area contributed by atoms with Gasteiger partial charge in [0.05, 0.1) is 0 Å². The summed E-state index contributed by atoms with van der Waals surface area (Å²) in [5, 5.41) is 2.44. The Labute approximate surface area is 178 Å². The van der Waals surface area contributed by atoms with Crippen molar-refractivity contribution < 1.29 is 0 Å². The fraction of sp³-hybridized carbons (Fsp3) is 0. The van der Waals surface area contributed by atoms with Crippen LogP contribution < -0.4 is 10.4 Å². The van der Waals surface area contributed by atoms with Crippen molar-refractivity contribution in [2.24, 2.45) is 0 Å². The molecule has 1 nitrogen and oxygen atoms in total. The molecule has 0 aromatic heterocycles. The van der Waals surface area contributed by atoms with E-state index in [9.17, 15) is 0 Å². The average molecular weight is 381 g/mol. The zero-order valence-corrected chi connectivity index (χ0v) is 16.6. The Hall–Kier alpha value is -3.78. The quantitative estimate of drug-likeness (QED) is 0.311. The van der Waals surface area contributed by atoms with E-state index in [4.69, 9.17) is 7.85 Å². The molecule has 0 heterocycles. The molecule has 0 aliphatic rings. The van der Waals surface area contributed by atoms with E-state index in [1.54, 1.807) is 0 Å². The number of fused-ring (bicyclic) bond motifs is 1. The average Bonchev–Trinajstić information content (AvgIpc) is 2.81. The minimum Gasteiger partial charge on any atom is -0.310 e. The van der Waals surface area contributed by atoms with Gasteiger partial charge in [0.1, 0.15) is 7.85 Å². The van der Waals surface area contributed by atoms with Crippen LogP contribution in [-0.4, -0.2) is 7.85 Å². The fourth-order valence-electron chi connectivity index (χ4n) is 3.83. The Morgan fingerprint density at radius 2 is 1.00 bits per heavy atom. The van der Waals surface area contributed by atoms with Crippen molar-refractivity contribution in [1.29, 1.82) is 0 Å². The lowest BCUT2D eigenvalue weighted by molar-refractivity contribution is 1.29. The van der Waals surface area contributed by atoms with E-state index in [-0.39, 0.29) is 0 Å². The number of hydrogen-bond acceptors (Lipinski definition) is 1. The van der Waals surface area contributed by atoms with Crippen LogP contribution in [0.5, 0.6) is 0 Å². The molecule has 0 saturated carbocycles. The molecule has 0 unspecified atom stereocenters. The van der Waals surface area contributed by atoms with Crippen molar-refractivity contribution in [2.75, 3.05) is 4.90 Å². The number of benzene rings is 5. The molecular formula is C28H20BN. The zero-order chi connectivity index (χ0) is 20.3. The summed E-state index contributed by atoms with van der Waals surface area (Å²) in [7, 11) is 5.92. The van der Waals surface area contributed by atoms with Gasteiger partial charge in [0.25, 0.3) is 0 Å². The summed E-state index contributed by atoms with van der Waals surface area (Å²) in [5.74, 6) is 0. The number of anilines is 3. The molecule has 0 aliphatic carbocycles. The third kappa shape index (κ3) is 3.60. The largest absolute Gasteiger partial charge is 0.310 e. The first-order valence-corrected chi connectivity index (χ1v) is 10.1. The van der Waals surface area contributed by atoms with E-state index in [0.717, 1.165) is 22.5 Å². The predicted molar refractivity (Wildman–Crippen MR) is 129 cm³/mol. The second-order valence-electron chi connectivity index (χ2n) is 7.37. The van der Waals surface area contributed by atoms with Crippen LogP contribution in [0.15, 0.2) is 121 Å². The van der Waals surface area contributed by atoms with Crippen LogP contribution >= 0.6 is 0 Å². The van der Waals surface area contributed by atoms with E-state index in [2.05, 4.69) is 102 Å². The van der Waals surface area contributed by atoms with E-state index < -0.39 is 0 Å². The van der Waals surface area contributed by atoms with Gasteiger partial charge in [-0.1, -0.05) is 84.3 Å². The van der Waals surface area contributed by atoms with Gasteiger partial charge >= 0.3 is 0 Å². The van der Waals surface area contributed by atoms with Crippen molar-refractivity contribution in [3.8, 4) is 11.1 Å². The zero-order valence-electron chi connectivity index (χ0n) is 16.6. The first kappa shape index (κ1) is 18.3. The SMILES string of the molecule is [B]c1ccc(N(c2ccccc2)c2ccc3cc(-c4ccccc4)ccc3c2)cc1. The van der Waals surface area contributed by atoms with Gasteiger partial charge in [0.15, 0.2) is 0 Å². The van der Waals surface area contributed by atoms with E-state index in [1.807, 2.05) is 24.3 Å². The Morgan fingerprint density at radius 3 is 1.73 bits per heavy atom. The first-order valence-electron chi connectivity index (χ1n) is 10.1. The van der Waals surface area contributed by atoms with Crippen LogP contribution in [0.4, 0.5) is 17.1 Å². The van der Waals surface area contributed by atoms with Gasteiger partial charge < -0.3 is 4.90 Å². The molecule has 5 aromatic rings. The van der Waals surface area contributed by atoms with Crippen LogP contribution in [0.2, 0.25) is 0 Å². The lowest BCUT2D eigenvalue weighted by atomic mass is 9.96. The second-order valence-corrected chi connectivity index (χ2v) is 7.37. The molecule has 5 rings (SSSR count). The molecule has 0 saturated heterocycles. The van der Waals surface area contributed by atoms with Crippen molar-refractivity contribution in [3.63, 3.8) is 0 Å². The Balaban J connectivity index is 1.60. The van der Waals surface area contributed by atoms with Gasteiger partial charge in [0.2, 0.25) is 0 Å². The van der Waals surface area contributed by atoms with E-state index in [1.165, 1.54) is 21.9 Å². The third-order valence-corrected chi connectivity index (χ3v) is 5.35. The van der Waals surface area contributed by atoms with Crippen molar-refractivity contribution in [2.45, 2.75) is 0 Å². The summed E-state index contributed by atoms with van der Waals surface area (Å²) >= 11 is 0. The fourth-order valence-corrected chi connectivity index (χ4v) is 3.83. The van der Waals surface area contributed by atoms with Crippen molar-refractivity contribution in [3.05, 3.63) is 121 Å². The number of hydrogen-bond donors (Lipinski definition) is 0. The van der Waals surface area contributed by atoms with Crippen molar-refractivity contribution >= 4 is 41.1 Å². The van der Waals surface area contributed by atoms with Gasteiger partial charge in [-0.15, -0.1) is 0 Å². The summed E-state index contributed by atoms with van der Waals surface area (Å²) in [4.78, 5) is 2.25. The smallest absolute Gasteiger partial charge is 0.113 e. The minimum atomic E-state index is 0.763. The van der Waals surface area contributed by atoms with Crippen LogP contribution in [0.1, 0.15) is 0 Å². The summed E-state index contributed by atoms with van der Waals surface area (Å²) < 4.78 is 0. The van der Waals surface area contributed by atoms with Gasteiger partial charge in [-0.05, 0) is 64.4 Å². The molecule has 0 fully saturated rings. The highest BCUT2D eigenvalue weighted by molar-refractivity contribution is 6.32. The van der Waals surface area contributed by atoms with E-state index in [0.29, 0.717) is 0 Å². The second kappa shape index (κ2) is 7.92. The highest BCUT2D eigenvalue weighted by Gasteiger charge is 2.12. The molecule has 2 heteroatoms. The molecule has 0 spiro atoms. The molecule has 0 bridgehead atoms. The Bertz CT molecular complexity index is 1280. The normalized spacial score (nSPS) is 10.8.